The summed E-state index contributed by atoms with van der Waals surface area (Å²) in [5, 5.41) is 7.16. The van der Waals surface area contributed by atoms with Crippen molar-refractivity contribution in [1.82, 2.24) is 14.8 Å². The summed E-state index contributed by atoms with van der Waals surface area (Å²) >= 11 is 0. The first kappa shape index (κ1) is 18.4. The van der Waals surface area contributed by atoms with E-state index in [9.17, 15) is 4.79 Å². The molecule has 0 radical (unpaired) electrons. The normalized spacial score (nSPS) is 10.7. The third kappa shape index (κ3) is 4.84. The average Bonchev–Trinajstić information content (AvgIpc) is 3.09. The van der Waals surface area contributed by atoms with E-state index in [0.717, 1.165) is 5.56 Å². The highest BCUT2D eigenvalue weighted by Gasteiger charge is 2.13. The van der Waals surface area contributed by atoms with E-state index in [4.69, 9.17) is 9.47 Å². The van der Waals surface area contributed by atoms with Crippen molar-refractivity contribution < 1.29 is 14.3 Å². The number of amides is 1. The molecule has 0 aliphatic rings. The van der Waals surface area contributed by atoms with Gasteiger partial charge in [0.2, 0.25) is 0 Å². The summed E-state index contributed by atoms with van der Waals surface area (Å²) in [5.74, 6) is 1.32. The fourth-order valence-corrected chi connectivity index (χ4v) is 2.54. The zero-order valence-electron chi connectivity index (χ0n) is 15.5. The van der Waals surface area contributed by atoms with Gasteiger partial charge >= 0.3 is 0 Å². The Labute approximate surface area is 158 Å². The molecule has 0 fully saturated rings. The fourth-order valence-electron chi connectivity index (χ4n) is 2.54. The van der Waals surface area contributed by atoms with Crippen LogP contribution < -0.4 is 14.8 Å². The molecular formula is C20H22N4O3. The van der Waals surface area contributed by atoms with E-state index in [0.29, 0.717) is 29.4 Å². The lowest BCUT2D eigenvalue weighted by Crippen LogP contribution is -2.13. The molecule has 3 rings (SSSR count). The van der Waals surface area contributed by atoms with Gasteiger partial charge in [-0.25, -0.2) is 0 Å². The van der Waals surface area contributed by atoms with E-state index in [1.54, 1.807) is 48.5 Å². The number of nitrogens with zero attached hydrogens (tertiary/aromatic N) is 3. The summed E-state index contributed by atoms with van der Waals surface area (Å²) in [4.78, 5) is 16.6. The van der Waals surface area contributed by atoms with Gasteiger partial charge in [-0.3, -0.25) is 14.5 Å². The van der Waals surface area contributed by atoms with Crippen molar-refractivity contribution in [1.29, 1.82) is 0 Å². The summed E-state index contributed by atoms with van der Waals surface area (Å²) in [6.07, 6.45) is 5.34. The number of nitrogens with one attached hydrogen (secondary N) is 1. The van der Waals surface area contributed by atoms with Gasteiger partial charge in [0, 0.05) is 30.2 Å². The number of ether oxygens (including phenoxy) is 2. The lowest BCUT2D eigenvalue weighted by molar-refractivity contribution is 0.102. The van der Waals surface area contributed by atoms with E-state index < -0.39 is 0 Å². The molecule has 0 spiro atoms. The number of hydrogen-bond donors (Lipinski definition) is 1. The second-order valence-corrected chi connectivity index (χ2v) is 6.25. The molecule has 0 atom stereocenters. The Bertz CT molecular complexity index is 907. The molecule has 0 unspecified atom stereocenters. The van der Waals surface area contributed by atoms with Crippen LogP contribution in [-0.2, 0) is 6.54 Å². The van der Waals surface area contributed by atoms with E-state index in [2.05, 4.69) is 15.4 Å². The van der Waals surface area contributed by atoms with Crippen LogP contribution in [0.15, 0.2) is 55.0 Å². The maximum absolute atomic E-state index is 12.5. The maximum atomic E-state index is 12.5. The number of anilines is 1. The van der Waals surface area contributed by atoms with Gasteiger partial charge in [-0.2, -0.15) is 5.10 Å². The summed E-state index contributed by atoms with van der Waals surface area (Å²) < 4.78 is 12.7. The highest BCUT2D eigenvalue weighted by atomic mass is 16.5. The summed E-state index contributed by atoms with van der Waals surface area (Å²) in [5.41, 5.74) is 1.49. The summed E-state index contributed by atoms with van der Waals surface area (Å²) in [7, 11) is 1.55. The van der Waals surface area contributed by atoms with Gasteiger partial charge in [0.1, 0.15) is 0 Å². The first-order valence-electron chi connectivity index (χ1n) is 8.63. The Kier molecular flexibility index (Phi) is 5.71. The van der Waals surface area contributed by atoms with Gasteiger partial charge in [-0.15, -0.1) is 0 Å². The SMILES string of the molecule is COc1cc(C(=O)Nc2ccn(Cc3cccnc3)n2)ccc1OC(C)C. The van der Waals surface area contributed by atoms with Crippen LogP contribution in [0.2, 0.25) is 0 Å². The van der Waals surface area contributed by atoms with Crippen LogP contribution in [0, 0.1) is 0 Å². The lowest BCUT2D eigenvalue weighted by atomic mass is 10.2. The standard InChI is InChI=1S/C20H22N4O3/c1-14(2)27-17-7-6-16(11-18(17)26-3)20(25)22-19-8-10-24(23-19)13-15-5-4-9-21-12-15/h4-12,14H,13H2,1-3H3,(H,22,23,25). The average molecular weight is 366 g/mol. The second kappa shape index (κ2) is 8.35. The van der Waals surface area contributed by atoms with Crippen LogP contribution in [0.3, 0.4) is 0 Å². The van der Waals surface area contributed by atoms with Crippen molar-refractivity contribution in [3.8, 4) is 11.5 Å². The highest BCUT2D eigenvalue weighted by molar-refractivity contribution is 6.04. The van der Waals surface area contributed by atoms with Crippen molar-refractivity contribution >= 4 is 11.7 Å². The first-order chi connectivity index (χ1) is 13.0. The zero-order chi connectivity index (χ0) is 19.2. The molecule has 0 bridgehead atoms. The smallest absolute Gasteiger partial charge is 0.257 e. The van der Waals surface area contributed by atoms with Crippen molar-refractivity contribution in [3.63, 3.8) is 0 Å². The summed E-state index contributed by atoms with van der Waals surface area (Å²) in [6, 6.07) is 10.7. The van der Waals surface area contributed by atoms with Gasteiger partial charge in [-0.1, -0.05) is 6.07 Å². The molecule has 1 amide bonds. The Morgan fingerprint density at radius 3 is 2.78 bits per heavy atom. The molecule has 27 heavy (non-hydrogen) atoms. The second-order valence-electron chi connectivity index (χ2n) is 6.25. The molecule has 0 aliphatic heterocycles. The molecule has 7 heteroatoms. The molecule has 1 N–H and O–H groups in total. The van der Waals surface area contributed by atoms with Crippen LogP contribution in [0.1, 0.15) is 29.8 Å². The number of aromatic nitrogens is 3. The number of carbonyl (C=O) groups is 1. The largest absolute Gasteiger partial charge is 0.493 e. The molecule has 0 aliphatic carbocycles. The molecule has 7 nitrogen and oxygen atoms in total. The maximum Gasteiger partial charge on any atom is 0.257 e. The number of pyridine rings is 1. The Morgan fingerprint density at radius 1 is 1.22 bits per heavy atom. The molecule has 0 saturated heterocycles. The number of carbonyl (C=O) groups excluding carboxylic acids is 1. The van der Waals surface area contributed by atoms with Crippen LogP contribution in [-0.4, -0.2) is 33.9 Å². The predicted molar refractivity (Wildman–Crippen MR) is 102 cm³/mol. The Morgan fingerprint density at radius 2 is 2.07 bits per heavy atom. The van der Waals surface area contributed by atoms with Crippen molar-refractivity contribution in [2.24, 2.45) is 0 Å². The minimum absolute atomic E-state index is 0.0161. The van der Waals surface area contributed by atoms with Gasteiger partial charge in [0.15, 0.2) is 17.3 Å². The minimum Gasteiger partial charge on any atom is -0.493 e. The third-order valence-electron chi connectivity index (χ3n) is 3.74. The molecular weight excluding hydrogens is 344 g/mol. The first-order valence-corrected chi connectivity index (χ1v) is 8.63. The van der Waals surface area contributed by atoms with Gasteiger partial charge in [0.25, 0.3) is 5.91 Å². The number of rotatable bonds is 7. The number of benzene rings is 1. The Balaban J connectivity index is 1.68. The quantitative estimate of drug-likeness (QED) is 0.694. The van der Waals surface area contributed by atoms with E-state index in [1.807, 2.05) is 32.2 Å². The van der Waals surface area contributed by atoms with E-state index in [1.165, 1.54) is 0 Å². The van der Waals surface area contributed by atoms with Gasteiger partial charge in [-0.05, 0) is 43.7 Å². The molecule has 2 heterocycles. The van der Waals surface area contributed by atoms with Gasteiger partial charge < -0.3 is 14.8 Å². The molecule has 3 aromatic rings. The predicted octanol–water partition coefficient (Wildman–Crippen LogP) is 3.37. The third-order valence-corrected chi connectivity index (χ3v) is 3.74. The molecule has 1 aromatic carbocycles. The van der Waals surface area contributed by atoms with Crippen LogP contribution in [0.4, 0.5) is 5.82 Å². The number of hydrogen-bond acceptors (Lipinski definition) is 5. The van der Waals surface area contributed by atoms with E-state index >= 15 is 0 Å². The molecule has 140 valence electrons. The minimum atomic E-state index is -0.268. The van der Waals surface area contributed by atoms with Crippen LogP contribution in [0.5, 0.6) is 11.5 Å². The monoisotopic (exact) mass is 366 g/mol. The topological polar surface area (TPSA) is 78.3 Å². The lowest BCUT2D eigenvalue weighted by Gasteiger charge is -2.14. The van der Waals surface area contributed by atoms with E-state index in [-0.39, 0.29) is 12.0 Å². The van der Waals surface area contributed by atoms with Crippen molar-refractivity contribution in [2.75, 3.05) is 12.4 Å². The highest BCUT2D eigenvalue weighted by Crippen LogP contribution is 2.29. The van der Waals surface area contributed by atoms with Crippen LogP contribution >= 0.6 is 0 Å². The van der Waals surface area contributed by atoms with Crippen molar-refractivity contribution in [2.45, 2.75) is 26.5 Å². The molecule has 2 aromatic heterocycles. The van der Waals surface area contributed by atoms with Crippen molar-refractivity contribution in [3.05, 3.63) is 66.1 Å². The summed E-state index contributed by atoms with van der Waals surface area (Å²) in [6.45, 7) is 4.45. The Hall–Kier alpha value is -3.35. The number of methoxy groups -OCH3 is 1. The molecule has 0 saturated carbocycles. The zero-order valence-corrected chi connectivity index (χ0v) is 15.5. The fraction of sp³-hybridized carbons (Fsp3) is 0.250. The van der Waals surface area contributed by atoms with Crippen LogP contribution in [0.25, 0.3) is 0 Å². The van der Waals surface area contributed by atoms with Gasteiger partial charge in [0.05, 0.1) is 19.8 Å².